The Morgan fingerprint density at radius 3 is 2.38 bits per heavy atom. The SMILES string of the molecule is CC(C)c1ccccc1-c1ccc(C2(C#N)CC2)cc1F. The lowest BCUT2D eigenvalue weighted by atomic mass is 9.90. The summed E-state index contributed by atoms with van der Waals surface area (Å²) in [7, 11) is 0. The minimum atomic E-state index is -0.434. The van der Waals surface area contributed by atoms with Crippen LogP contribution in [0.15, 0.2) is 42.5 Å². The number of nitriles is 1. The summed E-state index contributed by atoms with van der Waals surface area (Å²) in [4.78, 5) is 0. The number of nitrogens with zero attached hydrogens (tertiary/aromatic N) is 1. The molecular weight excluding hydrogens is 261 g/mol. The van der Waals surface area contributed by atoms with Crippen molar-refractivity contribution in [2.24, 2.45) is 0 Å². The van der Waals surface area contributed by atoms with Crippen molar-refractivity contribution in [3.05, 3.63) is 59.4 Å². The van der Waals surface area contributed by atoms with Crippen LogP contribution in [0, 0.1) is 17.1 Å². The smallest absolute Gasteiger partial charge is 0.131 e. The van der Waals surface area contributed by atoms with E-state index >= 15 is 0 Å². The highest BCUT2D eigenvalue weighted by molar-refractivity contribution is 5.69. The molecule has 106 valence electrons. The van der Waals surface area contributed by atoms with Gasteiger partial charge < -0.3 is 0 Å². The molecule has 0 atom stereocenters. The van der Waals surface area contributed by atoms with E-state index in [0.717, 1.165) is 29.5 Å². The zero-order chi connectivity index (χ0) is 15.0. The standard InChI is InChI=1S/C19H18FN/c1-13(2)15-5-3-4-6-16(15)17-8-7-14(11-18(17)20)19(12-21)9-10-19/h3-8,11,13H,9-10H2,1-2H3. The number of halogens is 1. The lowest BCUT2D eigenvalue weighted by molar-refractivity contribution is 0.626. The van der Waals surface area contributed by atoms with Gasteiger partial charge in [0.2, 0.25) is 0 Å². The Morgan fingerprint density at radius 2 is 1.81 bits per heavy atom. The molecular formula is C19H18FN. The minimum Gasteiger partial charge on any atom is -0.206 e. The first-order valence-corrected chi connectivity index (χ1v) is 7.38. The van der Waals surface area contributed by atoms with E-state index < -0.39 is 5.41 Å². The molecule has 0 bridgehead atoms. The summed E-state index contributed by atoms with van der Waals surface area (Å²) in [5, 5.41) is 9.23. The predicted molar refractivity (Wildman–Crippen MR) is 82.5 cm³/mol. The van der Waals surface area contributed by atoms with Gasteiger partial charge >= 0.3 is 0 Å². The molecule has 1 saturated carbocycles. The van der Waals surface area contributed by atoms with Crippen LogP contribution in [0.25, 0.3) is 11.1 Å². The van der Waals surface area contributed by atoms with Gasteiger partial charge in [-0.2, -0.15) is 5.26 Å². The van der Waals surface area contributed by atoms with Gasteiger partial charge in [-0.25, -0.2) is 4.39 Å². The van der Waals surface area contributed by atoms with Crippen molar-refractivity contribution in [1.29, 1.82) is 5.26 Å². The van der Waals surface area contributed by atoms with Crippen LogP contribution in [0.2, 0.25) is 0 Å². The third-order valence-electron chi connectivity index (χ3n) is 4.36. The monoisotopic (exact) mass is 279 g/mol. The third-order valence-corrected chi connectivity index (χ3v) is 4.36. The van der Waals surface area contributed by atoms with Crippen LogP contribution in [-0.2, 0) is 5.41 Å². The Balaban J connectivity index is 2.07. The number of hydrogen-bond donors (Lipinski definition) is 0. The van der Waals surface area contributed by atoms with Gasteiger partial charge in [0.15, 0.2) is 0 Å². The fourth-order valence-electron chi connectivity index (χ4n) is 2.87. The van der Waals surface area contributed by atoms with Crippen LogP contribution in [-0.4, -0.2) is 0 Å². The Morgan fingerprint density at radius 1 is 1.10 bits per heavy atom. The largest absolute Gasteiger partial charge is 0.206 e. The summed E-state index contributed by atoms with van der Waals surface area (Å²) >= 11 is 0. The van der Waals surface area contributed by atoms with Crippen molar-refractivity contribution < 1.29 is 4.39 Å². The maximum absolute atomic E-state index is 14.6. The average Bonchev–Trinajstić information content (AvgIpc) is 3.28. The second kappa shape index (κ2) is 5.00. The quantitative estimate of drug-likeness (QED) is 0.760. The van der Waals surface area contributed by atoms with Crippen molar-refractivity contribution in [3.63, 3.8) is 0 Å². The number of rotatable bonds is 3. The molecule has 0 heterocycles. The highest BCUT2D eigenvalue weighted by atomic mass is 19.1. The summed E-state index contributed by atoms with van der Waals surface area (Å²) in [5.41, 5.74) is 3.09. The summed E-state index contributed by atoms with van der Waals surface area (Å²) < 4.78 is 14.6. The predicted octanol–water partition coefficient (Wildman–Crippen LogP) is 5.17. The van der Waals surface area contributed by atoms with E-state index in [9.17, 15) is 9.65 Å². The highest BCUT2D eigenvalue weighted by Crippen LogP contribution is 2.48. The van der Waals surface area contributed by atoms with Crippen molar-refractivity contribution in [1.82, 2.24) is 0 Å². The lowest BCUT2D eigenvalue weighted by Crippen LogP contribution is -2.03. The molecule has 2 aromatic carbocycles. The van der Waals surface area contributed by atoms with E-state index in [2.05, 4.69) is 19.9 Å². The zero-order valence-corrected chi connectivity index (χ0v) is 12.4. The summed E-state index contributed by atoms with van der Waals surface area (Å²) in [6.45, 7) is 4.22. The molecule has 2 heteroatoms. The molecule has 0 saturated heterocycles. The van der Waals surface area contributed by atoms with Crippen LogP contribution in [0.5, 0.6) is 0 Å². The first-order chi connectivity index (χ1) is 10.1. The average molecular weight is 279 g/mol. The van der Waals surface area contributed by atoms with E-state index in [0.29, 0.717) is 11.5 Å². The molecule has 0 N–H and O–H groups in total. The molecule has 2 aromatic rings. The molecule has 0 amide bonds. The molecule has 1 fully saturated rings. The fraction of sp³-hybridized carbons (Fsp3) is 0.316. The molecule has 3 rings (SSSR count). The maximum atomic E-state index is 14.6. The molecule has 0 radical (unpaired) electrons. The van der Waals surface area contributed by atoms with Gasteiger partial charge in [-0.1, -0.05) is 50.2 Å². The Labute approximate surface area is 125 Å². The molecule has 1 aliphatic carbocycles. The van der Waals surface area contributed by atoms with Gasteiger partial charge in [-0.15, -0.1) is 0 Å². The minimum absolute atomic E-state index is 0.234. The molecule has 0 aliphatic heterocycles. The van der Waals surface area contributed by atoms with Crippen LogP contribution in [0.3, 0.4) is 0 Å². The van der Waals surface area contributed by atoms with E-state index in [-0.39, 0.29) is 5.82 Å². The van der Waals surface area contributed by atoms with Gasteiger partial charge in [0.1, 0.15) is 5.82 Å². The summed E-state index contributed by atoms with van der Waals surface area (Å²) in [5.74, 6) is 0.108. The second-order valence-electron chi connectivity index (χ2n) is 6.13. The van der Waals surface area contributed by atoms with Crippen LogP contribution in [0.1, 0.15) is 43.7 Å². The normalized spacial score (nSPS) is 15.8. The van der Waals surface area contributed by atoms with E-state index in [4.69, 9.17) is 0 Å². The number of hydrogen-bond acceptors (Lipinski definition) is 1. The van der Waals surface area contributed by atoms with Crippen LogP contribution >= 0.6 is 0 Å². The topological polar surface area (TPSA) is 23.8 Å². The van der Waals surface area contributed by atoms with Crippen molar-refractivity contribution in [3.8, 4) is 17.2 Å². The van der Waals surface area contributed by atoms with Gasteiger partial charge in [0.25, 0.3) is 0 Å². The highest BCUT2D eigenvalue weighted by Gasteiger charge is 2.45. The molecule has 1 nitrogen and oxygen atoms in total. The van der Waals surface area contributed by atoms with Crippen molar-refractivity contribution in [2.75, 3.05) is 0 Å². The maximum Gasteiger partial charge on any atom is 0.131 e. The van der Waals surface area contributed by atoms with Crippen LogP contribution in [0.4, 0.5) is 4.39 Å². The zero-order valence-electron chi connectivity index (χ0n) is 12.4. The lowest BCUT2D eigenvalue weighted by Gasteiger charge is -2.15. The third kappa shape index (κ3) is 2.34. The second-order valence-corrected chi connectivity index (χ2v) is 6.13. The van der Waals surface area contributed by atoms with Crippen molar-refractivity contribution in [2.45, 2.75) is 38.0 Å². The Hall–Kier alpha value is -2.14. The summed E-state index contributed by atoms with van der Waals surface area (Å²) in [6, 6.07) is 15.5. The number of benzene rings is 2. The fourth-order valence-corrected chi connectivity index (χ4v) is 2.87. The van der Waals surface area contributed by atoms with Crippen LogP contribution < -0.4 is 0 Å². The Bertz CT molecular complexity index is 721. The van der Waals surface area contributed by atoms with E-state index in [1.54, 1.807) is 6.07 Å². The molecule has 1 aliphatic rings. The van der Waals surface area contributed by atoms with Gasteiger partial charge in [0, 0.05) is 5.56 Å². The first-order valence-electron chi connectivity index (χ1n) is 7.38. The Kier molecular flexibility index (Phi) is 3.29. The van der Waals surface area contributed by atoms with Gasteiger partial charge in [-0.05, 0) is 41.5 Å². The molecule has 0 spiro atoms. The molecule has 0 unspecified atom stereocenters. The van der Waals surface area contributed by atoms with Crippen molar-refractivity contribution >= 4 is 0 Å². The van der Waals surface area contributed by atoms with Gasteiger partial charge in [-0.3, -0.25) is 0 Å². The molecule has 21 heavy (non-hydrogen) atoms. The van der Waals surface area contributed by atoms with E-state index in [1.807, 2.05) is 36.4 Å². The van der Waals surface area contributed by atoms with Gasteiger partial charge in [0.05, 0.1) is 11.5 Å². The summed E-state index contributed by atoms with van der Waals surface area (Å²) in [6.07, 6.45) is 1.68. The molecule has 0 aromatic heterocycles. The first kappa shape index (κ1) is 13.8. The van der Waals surface area contributed by atoms with E-state index in [1.165, 1.54) is 0 Å².